The number of rotatable bonds is 2. The Kier molecular flexibility index (Phi) is 2.73. The summed E-state index contributed by atoms with van der Waals surface area (Å²) in [6.45, 7) is 3.15. The summed E-state index contributed by atoms with van der Waals surface area (Å²) >= 11 is 0. The van der Waals surface area contributed by atoms with E-state index in [2.05, 4.69) is 63.9 Å². The molecule has 4 nitrogen and oxygen atoms in total. The third-order valence-corrected chi connectivity index (χ3v) is 4.67. The highest BCUT2D eigenvalue weighted by Gasteiger charge is 2.12. The van der Waals surface area contributed by atoms with E-state index in [1.165, 1.54) is 21.8 Å². The summed E-state index contributed by atoms with van der Waals surface area (Å²) < 4.78 is 4.39. The molecule has 4 heteroatoms. The first kappa shape index (κ1) is 13.3. The van der Waals surface area contributed by atoms with Gasteiger partial charge in [-0.15, -0.1) is 0 Å². The number of nitrogens with zero attached hydrogens (tertiary/aromatic N) is 4. The number of fused-ring (bicyclic) bond motifs is 4. The van der Waals surface area contributed by atoms with E-state index in [9.17, 15) is 0 Å². The largest absolute Gasteiger partial charge is 0.341 e. The molecule has 0 atom stereocenters. The molecule has 0 spiro atoms. The van der Waals surface area contributed by atoms with Crippen molar-refractivity contribution in [1.29, 1.82) is 0 Å². The Morgan fingerprint density at radius 2 is 1.79 bits per heavy atom. The number of para-hydroxylation sites is 1. The van der Waals surface area contributed by atoms with Crippen molar-refractivity contribution in [3.05, 3.63) is 67.1 Å². The molecule has 0 aliphatic heterocycles. The zero-order valence-corrected chi connectivity index (χ0v) is 13.3. The maximum atomic E-state index is 4.41. The van der Waals surface area contributed by atoms with Crippen LogP contribution in [0.15, 0.2) is 67.1 Å². The van der Waals surface area contributed by atoms with Crippen LogP contribution in [0.4, 0.5) is 0 Å². The van der Waals surface area contributed by atoms with Gasteiger partial charge in [0.15, 0.2) is 0 Å². The van der Waals surface area contributed by atoms with Gasteiger partial charge in [-0.05, 0) is 31.2 Å². The van der Waals surface area contributed by atoms with Crippen LogP contribution in [0.2, 0.25) is 0 Å². The predicted octanol–water partition coefficient (Wildman–Crippen LogP) is 4.52. The number of aryl methyl sites for hydroxylation is 1. The molecule has 0 unspecified atom stereocenters. The van der Waals surface area contributed by atoms with Crippen molar-refractivity contribution in [3.63, 3.8) is 0 Å². The first-order valence-electron chi connectivity index (χ1n) is 8.16. The fourth-order valence-corrected chi connectivity index (χ4v) is 3.60. The average molecular weight is 312 g/mol. The van der Waals surface area contributed by atoms with Gasteiger partial charge in [0.1, 0.15) is 0 Å². The fraction of sp³-hybridized carbons (Fsp3) is 0.100. The molecule has 2 aromatic carbocycles. The maximum absolute atomic E-state index is 4.41. The number of hydrogen-bond donors (Lipinski definition) is 0. The molecule has 0 bridgehead atoms. The molecule has 0 saturated carbocycles. The molecule has 0 fully saturated rings. The van der Waals surface area contributed by atoms with Crippen molar-refractivity contribution in [1.82, 2.24) is 18.9 Å². The smallest absolute Gasteiger partial charge is 0.234 e. The zero-order valence-electron chi connectivity index (χ0n) is 13.3. The Morgan fingerprint density at radius 3 is 2.71 bits per heavy atom. The highest BCUT2D eigenvalue weighted by molar-refractivity contribution is 6.09. The third kappa shape index (κ3) is 1.74. The molecule has 5 rings (SSSR count). The van der Waals surface area contributed by atoms with Crippen molar-refractivity contribution >= 4 is 27.6 Å². The van der Waals surface area contributed by atoms with Gasteiger partial charge in [0.05, 0.1) is 11.9 Å². The highest BCUT2D eigenvalue weighted by Crippen LogP contribution is 2.32. The normalized spacial score (nSPS) is 11.7. The van der Waals surface area contributed by atoms with E-state index < -0.39 is 0 Å². The lowest BCUT2D eigenvalue weighted by molar-refractivity contribution is 0.827. The SMILES string of the molecule is CCn1c2ccccc2c2cc(-c3cnc4ncccn34)ccc21. The molecule has 0 aliphatic rings. The molecule has 24 heavy (non-hydrogen) atoms. The molecule has 3 heterocycles. The Labute approximate surface area is 139 Å². The first-order valence-corrected chi connectivity index (χ1v) is 8.16. The lowest BCUT2D eigenvalue weighted by atomic mass is 10.1. The number of hydrogen-bond acceptors (Lipinski definition) is 2. The monoisotopic (exact) mass is 312 g/mol. The van der Waals surface area contributed by atoms with Crippen LogP contribution >= 0.6 is 0 Å². The molecule has 0 N–H and O–H groups in total. The lowest BCUT2D eigenvalue weighted by Gasteiger charge is -2.04. The Hall–Kier alpha value is -3.14. The van der Waals surface area contributed by atoms with E-state index in [0.717, 1.165) is 23.6 Å². The second-order valence-corrected chi connectivity index (χ2v) is 5.93. The van der Waals surface area contributed by atoms with Gasteiger partial charge in [0.25, 0.3) is 0 Å². The van der Waals surface area contributed by atoms with Crippen molar-refractivity contribution in [2.45, 2.75) is 13.5 Å². The summed E-state index contributed by atoms with van der Waals surface area (Å²) in [5.74, 6) is 0.726. The van der Waals surface area contributed by atoms with Gasteiger partial charge in [-0.3, -0.25) is 4.40 Å². The van der Waals surface area contributed by atoms with Crippen molar-refractivity contribution < 1.29 is 0 Å². The summed E-state index contributed by atoms with van der Waals surface area (Å²) in [6.07, 6.45) is 5.66. The molecule has 3 aromatic heterocycles. The van der Waals surface area contributed by atoms with Crippen LogP contribution in [-0.2, 0) is 6.54 Å². The molecule has 0 radical (unpaired) electrons. The number of benzene rings is 2. The van der Waals surface area contributed by atoms with Crippen LogP contribution in [-0.4, -0.2) is 18.9 Å². The van der Waals surface area contributed by atoms with Crippen LogP contribution in [0.1, 0.15) is 6.92 Å². The van der Waals surface area contributed by atoms with Gasteiger partial charge < -0.3 is 4.57 Å². The van der Waals surface area contributed by atoms with Crippen molar-refractivity contribution in [2.24, 2.45) is 0 Å². The second kappa shape index (κ2) is 4.93. The second-order valence-electron chi connectivity index (χ2n) is 5.93. The Morgan fingerprint density at radius 1 is 0.917 bits per heavy atom. The molecule has 0 saturated heterocycles. The van der Waals surface area contributed by atoms with Crippen LogP contribution in [0.5, 0.6) is 0 Å². The van der Waals surface area contributed by atoms with Crippen LogP contribution in [0.3, 0.4) is 0 Å². The topological polar surface area (TPSA) is 35.1 Å². The summed E-state index contributed by atoms with van der Waals surface area (Å²) in [7, 11) is 0. The molecule has 5 aromatic rings. The molecular weight excluding hydrogens is 296 g/mol. The standard InChI is InChI=1S/C20H16N4/c1-2-23-17-7-4-3-6-15(17)16-12-14(8-9-18(16)23)19-13-22-20-21-10-5-11-24(19)20/h3-13H,2H2,1H3. The van der Waals surface area contributed by atoms with E-state index in [0.29, 0.717) is 0 Å². The Balaban J connectivity index is 1.84. The van der Waals surface area contributed by atoms with E-state index >= 15 is 0 Å². The lowest BCUT2D eigenvalue weighted by Crippen LogP contribution is -1.93. The summed E-state index contributed by atoms with van der Waals surface area (Å²) in [4.78, 5) is 8.71. The minimum absolute atomic E-state index is 0.726. The molecule has 116 valence electrons. The average Bonchev–Trinajstić information content (AvgIpc) is 3.20. The molecular formula is C20H16N4. The first-order chi connectivity index (χ1) is 11.9. The quantitative estimate of drug-likeness (QED) is 0.480. The van der Waals surface area contributed by atoms with Gasteiger partial charge in [0, 0.05) is 46.3 Å². The van der Waals surface area contributed by atoms with E-state index in [-0.39, 0.29) is 0 Å². The van der Waals surface area contributed by atoms with Gasteiger partial charge in [0.2, 0.25) is 5.78 Å². The van der Waals surface area contributed by atoms with Crippen LogP contribution in [0.25, 0.3) is 38.8 Å². The summed E-state index contributed by atoms with van der Waals surface area (Å²) in [5.41, 5.74) is 4.77. The summed E-state index contributed by atoms with van der Waals surface area (Å²) in [6, 6.07) is 17.2. The highest BCUT2D eigenvalue weighted by atomic mass is 15.1. The van der Waals surface area contributed by atoms with Gasteiger partial charge in [-0.25, -0.2) is 9.97 Å². The maximum Gasteiger partial charge on any atom is 0.234 e. The minimum atomic E-state index is 0.726. The van der Waals surface area contributed by atoms with E-state index in [1.807, 2.05) is 22.9 Å². The number of imidazole rings is 1. The van der Waals surface area contributed by atoms with Crippen molar-refractivity contribution in [3.8, 4) is 11.3 Å². The van der Waals surface area contributed by atoms with E-state index in [4.69, 9.17) is 0 Å². The fourth-order valence-electron chi connectivity index (χ4n) is 3.60. The van der Waals surface area contributed by atoms with Gasteiger partial charge in [-0.2, -0.15) is 0 Å². The van der Waals surface area contributed by atoms with E-state index in [1.54, 1.807) is 6.20 Å². The van der Waals surface area contributed by atoms with Crippen LogP contribution < -0.4 is 0 Å². The summed E-state index contributed by atoms with van der Waals surface area (Å²) in [5, 5.41) is 2.58. The molecule has 0 aliphatic carbocycles. The zero-order chi connectivity index (χ0) is 16.1. The van der Waals surface area contributed by atoms with Crippen LogP contribution in [0, 0.1) is 0 Å². The minimum Gasteiger partial charge on any atom is -0.341 e. The number of aromatic nitrogens is 4. The van der Waals surface area contributed by atoms with Crippen molar-refractivity contribution in [2.75, 3.05) is 0 Å². The Bertz CT molecular complexity index is 1200. The van der Waals surface area contributed by atoms with Gasteiger partial charge >= 0.3 is 0 Å². The van der Waals surface area contributed by atoms with Gasteiger partial charge in [-0.1, -0.05) is 24.3 Å². The molecule has 0 amide bonds. The third-order valence-electron chi connectivity index (χ3n) is 4.67. The predicted molar refractivity (Wildman–Crippen MR) is 97.1 cm³/mol.